The molecule has 0 spiro atoms. The van der Waals surface area contributed by atoms with Gasteiger partial charge in [0.05, 0.1) is 12.7 Å². The second-order valence-electron chi connectivity index (χ2n) is 10.9. The zero-order chi connectivity index (χ0) is 30.0. The van der Waals surface area contributed by atoms with E-state index < -0.39 is 35.2 Å². The quantitative estimate of drug-likeness (QED) is 0.202. The number of rotatable bonds is 14. The molecule has 9 heteroatoms. The second-order valence-corrected chi connectivity index (χ2v) is 10.9. The third-order valence-electron chi connectivity index (χ3n) is 7.72. The number of likely N-dealkylation sites (tertiary alicyclic amines) is 1. The monoisotopic (exact) mass is 566 g/mol. The van der Waals surface area contributed by atoms with Gasteiger partial charge in [-0.25, -0.2) is 4.79 Å². The first-order chi connectivity index (χ1) is 19.6. The van der Waals surface area contributed by atoms with E-state index in [1.54, 1.807) is 26.0 Å². The van der Waals surface area contributed by atoms with Crippen LogP contribution >= 0.6 is 0 Å². The number of amides is 1. The molecule has 2 atom stereocenters. The van der Waals surface area contributed by atoms with E-state index in [0.717, 1.165) is 30.3 Å². The molecule has 3 rings (SSSR count). The van der Waals surface area contributed by atoms with Crippen LogP contribution in [0.15, 0.2) is 42.5 Å². The molecule has 9 nitrogen and oxygen atoms in total. The van der Waals surface area contributed by atoms with Crippen molar-refractivity contribution in [1.82, 2.24) is 4.90 Å². The number of methoxy groups -OCH3 is 1. The van der Waals surface area contributed by atoms with E-state index in [1.165, 1.54) is 12.0 Å². The number of hydrogen-bond acceptors (Lipinski definition) is 8. The summed E-state index contributed by atoms with van der Waals surface area (Å²) in [6.07, 6.45) is 3.47. The van der Waals surface area contributed by atoms with Crippen LogP contribution in [0.4, 0.5) is 0 Å². The maximum atomic E-state index is 13.7. The normalized spacial score (nSPS) is 16.0. The Labute approximate surface area is 242 Å². The summed E-state index contributed by atoms with van der Waals surface area (Å²) < 4.78 is 17.2. The molecule has 2 N–H and O–H groups in total. The average Bonchev–Trinajstić information content (AvgIpc) is 3.00. The summed E-state index contributed by atoms with van der Waals surface area (Å²) in [4.78, 5) is 52.6. The van der Waals surface area contributed by atoms with Crippen LogP contribution in [0.3, 0.4) is 0 Å². The molecule has 41 heavy (non-hydrogen) atoms. The molecule has 1 aliphatic heterocycles. The van der Waals surface area contributed by atoms with Gasteiger partial charge in [-0.1, -0.05) is 39.0 Å². The minimum atomic E-state index is -0.834. The fourth-order valence-electron chi connectivity index (χ4n) is 4.80. The number of piperidine rings is 1. The first-order valence-electron chi connectivity index (χ1n) is 14.3. The summed E-state index contributed by atoms with van der Waals surface area (Å²) in [7, 11) is 1.51. The van der Waals surface area contributed by atoms with Crippen LogP contribution in [0.5, 0.6) is 11.5 Å². The van der Waals surface area contributed by atoms with Gasteiger partial charge >= 0.3 is 5.97 Å². The predicted octanol–water partition coefficient (Wildman–Crippen LogP) is 4.45. The zero-order valence-corrected chi connectivity index (χ0v) is 24.5. The Bertz CT molecular complexity index is 1230. The Hall–Kier alpha value is -3.72. The molecule has 1 heterocycles. The number of nitrogens with zero attached hydrogens (tertiary/aromatic N) is 1. The van der Waals surface area contributed by atoms with Gasteiger partial charge in [0, 0.05) is 18.5 Å². The number of ketones is 1. The maximum absolute atomic E-state index is 13.7. The van der Waals surface area contributed by atoms with E-state index in [1.807, 2.05) is 37.3 Å². The number of hydrogen-bond donors (Lipinski definition) is 1. The molecule has 0 saturated carbocycles. The van der Waals surface area contributed by atoms with Crippen LogP contribution in [0.2, 0.25) is 0 Å². The number of ether oxygens (including phenoxy) is 3. The van der Waals surface area contributed by atoms with Crippen molar-refractivity contribution in [2.24, 2.45) is 11.1 Å². The van der Waals surface area contributed by atoms with Gasteiger partial charge in [0.25, 0.3) is 5.91 Å². The Balaban J connectivity index is 1.86. The molecule has 1 aliphatic rings. The highest BCUT2D eigenvalue weighted by molar-refractivity contribution is 6.38. The van der Waals surface area contributed by atoms with Crippen molar-refractivity contribution in [3.8, 4) is 11.5 Å². The van der Waals surface area contributed by atoms with Crippen LogP contribution in [0.25, 0.3) is 0 Å². The van der Waals surface area contributed by atoms with Gasteiger partial charge in [-0.05, 0) is 73.9 Å². The SMILES string of the molecule is CCC(C)(C)C(=O)C(=O)N1CCCC[C@H]1C(=O)O[C@H](CCc1ccc(C=O)c(OC)c1)c1cccc(OCCN)c1. The molecular weight excluding hydrogens is 524 g/mol. The first kappa shape index (κ1) is 31.8. The summed E-state index contributed by atoms with van der Waals surface area (Å²) in [5.74, 6) is -0.581. The summed E-state index contributed by atoms with van der Waals surface area (Å²) in [6.45, 7) is 6.40. The smallest absolute Gasteiger partial charge is 0.329 e. The Morgan fingerprint density at radius 2 is 1.93 bits per heavy atom. The van der Waals surface area contributed by atoms with E-state index in [9.17, 15) is 19.2 Å². The second kappa shape index (κ2) is 14.8. The number of carbonyl (C=O) groups excluding carboxylic acids is 4. The first-order valence-corrected chi connectivity index (χ1v) is 14.3. The minimum Gasteiger partial charge on any atom is -0.496 e. The summed E-state index contributed by atoms with van der Waals surface area (Å²) >= 11 is 0. The van der Waals surface area contributed by atoms with Gasteiger partial charge < -0.3 is 24.8 Å². The third-order valence-corrected chi connectivity index (χ3v) is 7.72. The molecule has 222 valence electrons. The van der Waals surface area contributed by atoms with Crippen molar-refractivity contribution in [2.75, 3.05) is 26.8 Å². The number of carbonyl (C=O) groups is 4. The topological polar surface area (TPSA) is 125 Å². The van der Waals surface area contributed by atoms with Crippen molar-refractivity contribution in [3.05, 3.63) is 59.2 Å². The summed E-state index contributed by atoms with van der Waals surface area (Å²) in [5, 5.41) is 0. The maximum Gasteiger partial charge on any atom is 0.329 e. The van der Waals surface area contributed by atoms with Crippen LogP contribution in [-0.2, 0) is 25.5 Å². The number of aldehydes is 1. The zero-order valence-electron chi connectivity index (χ0n) is 24.5. The lowest BCUT2D eigenvalue weighted by atomic mass is 9.84. The molecule has 2 aromatic rings. The van der Waals surface area contributed by atoms with E-state index in [2.05, 4.69) is 0 Å². The highest BCUT2D eigenvalue weighted by Gasteiger charge is 2.41. The van der Waals surface area contributed by atoms with Crippen molar-refractivity contribution in [2.45, 2.75) is 71.4 Å². The average molecular weight is 567 g/mol. The van der Waals surface area contributed by atoms with Gasteiger partial charge in [0.1, 0.15) is 30.3 Å². The van der Waals surface area contributed by atoms with E-state index in [-0.39, 0.29) is 0 Å². The van der Waals surface area contributed by atoms with Gasteiger partial charge in [0.2, 0.25) is 5.78 Å². The molecule has 0 aromatic heterocycles. The minimum absolute atomic E-state index is 0.333. The molecular formula is C32H42N2O7. The van der Waals surface area contributed by atoms with E-state index >= 15 is 0 Å². The Morgan fingerprint density at radius 3 is 2.61 bits per heavy atom. The van der Waals surface area contributed by atoms with Gasteiger partial charge in [-0.3, -0.25) is 14.4 Å². The van der Waals surface area contributed by atoms with Crippen LogP contribution in [0.1, 0.15) is 80.5 Å². The van der Waals surface area contributed by atoms with Crippen molar-refractivity contribution in [1.29, 1.82) is 0 Å². The number of nitrogens with two attached hydrogens (primary N) is 1. The largest absolute Gasteiger partial charge is 0.496 e. The summed E-state index contributed by atoms with van der Waals surface area (Å²) in [6, 6.07) is 11.8. The van der Waals surface area contributed by atoms with E-state index in [4.69, 9.17) is 19.9 Å². The lowest BCUT2D eigenvalue weighted by Crippen LogP contribution is -2.53. The molecule has 0 radical (unpaired) electrons. The van der Waals surface area contributed by atoms with Gasteiger partial charge in [-0.15, -0.1) is 0 Å². The molecule has 0 aliphatic carbocycles. The number of Topliss-reactive ketones (excluding diaryl/α,β-unsaturated/α-hetero) is 1. The standard InChI is InChI=1S/C32H42N2O7/c1-5-32(2,3)29(36)30(37)34-17-7-6-11-26(34)31(38)41-27(23-9-8-10-25(20-23)40-18-16-33)15-13-22-12-14-24(21-35)28(19-22)39-4/h8-10,12,14,19-21,26-27H,5-7,11,13,15-18,33H2,1-4H3/t26-,27+/m0/s1. The van der Waals surface area contributed by atoms with Crippen molar-refractivity contribution >= 4 is 23.9 Å². The van der Waals surface area contributed by atoms with Crippen LogP contribution in [-0.4, -0.2) is 61.7 Å². The fraction of sp³-hybridized carbons (Fsp3) is 0.500. The predicted molar refractivity (Wildman–Crippen MR) is 155 cm³/mol. The molecule has 0 bridgehead atoms. The van der Waals surface area contributed by atoms with E-state index in [0.29, 0.717) is 62.4 Å². The lowest BCUT2D eigenvalue weighted by molar-refractivity contribution is -0.164. The third kappa shape index (κ3) is 8.16. The van der Waals surface area contributed by atoms with Crippen LogP contribution in [0, 0.1) is 5.41 Å². The van der Waals surface area contributed by atoms with Gasteiger partial charge in [0.15, 0.2) is 6.29 Å². The molecule has 1 fully saturated rings. The van der Waals surface area contributed by atoms with Gasteiger partial charge in [-0.2, -0.15) is 0 Å². The molecule has 0 unspecified atom stereocenters. The molecule has 1 saturated heterocycles. The van der Waals surface area contributed by atoms with Crippen molar-refractivity contribution < 1.29 is 33.4 Å². The van der Waals surface area contributed by atoms with Crippen LogP contribution < -0.4 is 15.2 Å². The highest BCUT2D eigenvalue weighted by atomic mass is 16.5. The number of benzene rings is 2. The lowest BCUT2D eigenvalue weighted by Gasteiger charge is -2.36. The van der Waals surface area contributed by atoms with Crippen molar-refractivity contribution in [3.63, 3.8) is 0 Å². The fourth-order valence-corrected chi connectivity index (χ4v) is 4.80. The Kier molecular flexibility index (Phi) is 11.5. The molecule has 2 aromatic carbocycles. The summed E-state index contributed by atoms with van der Waals surface area (Å²) in [5.41, 5.74) is 6.88. The Morgan fingerprint density at radius 1 is 1.15 bits per heavy atom. The number of aryl methyl sites for hydroxylation is 1. The number of esters is 1. The highest BCUT2D eigenvalue weighted by Crippen LogP contribution is 2.31. The molecule has 1 amide bonds.